The molecule has 2 N–H and O–H groups in total. The molecule has 0 bridgehead atoms. The second kappa shape index (κ2) is 6.42. The molecular formula is C7H17N3. The first-order chi connectivity index (χ1) is 4.81. The van der Waals surface area contributed by atoms with E-state index in [1.807, 2.05) is 31.5 Å². The van der Waals surface area contributed by atoms with Crippen LogP contribution >= 0.6 is 0 Å². The Hall–Kier alpha value is -0.700. The zero-order valence-electron chi connectivity index (χ0n) is 7.02. The van der Waals surface area contributed by atoms with Crippen LogP contribution in [0.15, 0.2) is 12.4 Å². The molecule has 60 valence electrons. The molecule has 0 spiro atoms. The van der Waals surface area contributed by atoms with Gasteiger partial charge in [-0.15, -0.1) is 0 Å². The first kappa shape index (κ1) is 9.30. The van der Waals surface area contributed by atoms with Crippen LogP contribution in [0.2, 0.25) is 0 Å². The molecule has 0 saturated carbocycles. The topological polar surface area (TPSA) is 27.3 Å². The van der Waals surface area contributed by atoms with Crippen molar-refractivity contribution in [2.45, 2.75) is 13.3 Å². The van der Waals surface area contributed by atoms with Crippen LogP contribution < -0.4 is 10.7 Å². The Morgan fingerprint density at radius 2 is 2.20 bits per heavy atom. The zero-order valence-corrected chi connectivity index (χ0v) is 7.02. The molecule has 0 aliphatic heterocycles. The first-order valence-corrected chi connectivity index (χ1v) is 3.61. The second-order valence-electron chi connectivity index (χ2n) is 2.12. The predicted octanol–water partition coefficient (Wildman–Crippen LogP) is 0.523. The molecule has 3 heteroatoms. The van der Waals surface area contributed by atoms with Crippen LogP contribution in [0.25, 0.3) is 0 Å². The maximum Gasteiger partial charge on any atom is 0.0311 e. The Balaban J connectivity index is 3.24. The van der Waals surface area contributed by atoms with Crippen molar-refractivity contribution in [1.29, 1.82) is 0 Å². The number of hydrogen-bond acceptors (Lipinski definition) is 3. The monoisotopic (exact) mass is 143 g/mol. The van der Waals surface area contributed by atoms with E-state index in [-0.39, 0.29) is 0 Å². The third-order valence-corrected chi connectivity index (χ3v) is 1.08. The van der Waals surface area contributed by atoms with Gasteiger partial charge in [0.25, 0.3) is 0 Å². The van der Waals surface area contributed by atoms with Gasteiger partial charge in [0, 0.05) is 33.0 Å². The summed E-state index contributed by atoms with van der Waals surface area (Å²) < 4.78 is 0. The Bertz CT molecular complexity index is 90.9. The molecule has 0 atom stereocenters. The molecular weight excluding hydrogens is 126 g/mol. The van der Waals surface area contributed by atoms with Gasteiger partial charge in [0.05, 0.1) is 0 Å². The fourth-order valence-electron chi connectivity index (χ4n) is 0.527. The summed E-state index contributed by atoms with van der Waals surface area (Å²) in [7, 11) is 3.85. The number of hydrazine groups is 1. The van der Waals surface area contributed by atoms with Gasteiger partial charge in [-0.25, -0.2) is 5.43 Å². The van der Waals surface area contributed by atoms with Gasteiger partial charge in [0.15, 0.2) is 0 Å². The average Bonchev–Trinajstić information content (AvgIpc) is 1.97. The molecule has 0 heterocycles. The fraction of sp³-hybridized carbons (Fsp3) is 0.714. The predicted molar refractivity (Wildman–Crippen MR) is 44.3 cm³/mol. The number of nitrogens with one attached hydrogen (secondary N) is 2. The molecule has 0 radical (unpaired) electrons. The van der Waals surface area contributed by atoms with Gasteiger partial charge in [-0.1, -0.05) is 6.92 Å². The quantitative estimate of drug-likeness (QED) is 0.549. The zero-order chi connectivity index (χ0) is 7.82. The summed E-state index contributed by atoms with van der Waals surface area (Å²) in [5.74, 6) is 0. The third kappa shape index (κ3) is 5.44. The van der Waals surface area contributed by atoms with Gasteiger partial charge in [0.2, 0.25) is 0 Å². The molecule has 0 unspecified atom stereocenters. The van der Waals surface area contributed by atoms with Crippen molar-refractivity contribution >= 4 is 0 Å². The van der Waals surface area contributed by atoms with Gasteiger partial charge in [0.1, 0.15) is 0 Å². The van der Waals surface area contributed by atoms with Gasteiger partial charge in [-0.05, 0) is 6.42 Å². The van der Waals surface area contributed by atoms with E-state index in [1.165, 1.54) is 0 Å². The van der Waals surface area contributed by atoms with Gasteiger partial charge >= 0.3 is 0 Å². The van der Waals surface area contributed by atoms with Crippen molar-refractivity contribution in [1.82, 2.24) is 15.8 Å². The van der Waals surface area contributed by atoms with Gasteiger partial charge in [-0.3, -0.25) is 0 Å². The van der Waals surface area contributed by atoms with E-state index >= 15 is 0 Å². The molecule has 0 saturated heterocycles. The van der Waals surface area contributed by atoms with E-state index in [0.29, 0.717) is 0 Å². The molecule has 0 aromatic carbocycles. The minimum absolute atomic E-state index is 1.02. The van der Waals surface area contributed by atoms with Crippen LogP contribution in [0.1, 0.15) is 13.3 Å². The summed E-state index contributed by atoms with van der Waals surface area (Å²) in [5.41, 5.74) is 3.17. The largest absolute Gasteiger partial charge is 0.393 e. The second-order valence-corrected chi connectivity index (χ2v) is 2.12. The molecule has 0 rings (SSSR count). The average molecular weight is 143 g/mol. The molecule has 0 aliphatic rings. The number of hydrogen-bond donors (Lipinski definition) is 2. The summed E-state index contributed by atoms with van der Waals surface area (Å²) in [5, 5.41) is 4.84. The smallest absolute Gasteiger partial charge is 0.0311 e. The van der Waals surface area contributed by atoms with Crippen LogP contribution in [-0.4, -0.2) is 25.6 Å². The van der Waals surface area contributed by atoms with Gasteiger partial charge < -0.3 is 10.3 Å². The van der Waals surface area contributed by atoms with Crippen molar-refractivity contribution in [3.63, 3.8) is 0 Å². The maximum atomic E-state index is 3.17. The van der Waals surface area contributed by atoms with Crippen molar-refractivity contribution in [2.75, 3.05) is 20.6 Å². The van der Waals surface area contributed by atoms with E-state index in [1.54, 1.807) is 0 Å². The molecule has 0 aliphatic carbocycles. The highest BCUT2D eigenvalue weighted by atomic mass is 15.5. The molecule has 0 aromatic heterocycles. The SMILES string of the molecule is CCCNN(C)/C=C\NC. The maximum absolute atomic E-state index is 3.17. The van der Waals surface area contributed by atoms with Crippen LogP contribution in [-0.2, 0) is 0 Å². The Morgan fingerprint density at radius 1 is 1.50 bits per heavy atom. The fourth-order valence-corrected chi connectivity index (χ4v) is 0.527. The summed E-state index contributed by atoms with van der Waals surface area (Å²) >= 11 is 0. The van der Waals surface area contributed by atoms with Crippen molar-refractivity contribution in [3.05, 3.63) is 12.4 Å². The van der Waals surface area contributed by atoms with E-state index in [4.69, 9.17) is 0 Å². The number of rotatable bonds is 5. The third-order valence-electron chi connectivity index (χ3n) is 1.08. The van der Waals surface area contributed by atoms with Crippen LogP contribution in [0.5, 0.6) is 0 Å². The highest BCUT2D eigenvalue weighted by molar-refractivity contribution is 4.74. The van der Waals surface area contributed by atoms with E-state index in [0.717, 1.165) is 13.0 Å². The lowest BCUT2D eigenvalue weighted by atomic mass is 10.5. The van der Waals surface area contributed by atoms with Crippen molar-refractivity contribution < 1.29 is 0 Å². The first-order valence-electron chi connectivity index (χ1n) is 3.61. The Kier molecular flexibility index (Phi) is 5.97. The Morgan fingerprint density at radius 3 is 2.70 bits per heavy atom. The number of nitrogens with zero attached hydrogens (tertiary/aromatic N) is 1. The lowest BCUT2D eigenvalue weighted by molar-refractivity contribution is 0.327. The van der Waals surface area contributed by atoms with Crippen molar-refractivity contribution in [2.24, 2.45) is 0 Å². The van der Waals surface area contributed by atoms with Crippen LogP contribution in [0.4, 0.5) is 0 Å². The molecule has 0 aromatic rings. The van der Waals surface area contributed by atoms with E-state index in [2.05, 4.69) is 17.7 Å². The van der Waals surface area contributed by atoms with E-state index < -0.39 is 0 Å². The van der Waals surface area contributed by atoms with E-state index in [9.17, 15) is 0 Å². The van der Waals surface area contributed by atoms with Gasteiger partial charge in [-0.2, -0.15) is 0 Å². The minimum atomic E-state index is 1.02. The van der Waals surface area contributed by atoms with Crippen molar-refractivity contribution in [3.8, 4) is 0 Å². The van der Waals surface area contributed by atoms with Crippen LogP contribution in [0, 0.1) is 0 Å². The Labute approximate surface area is 63.1 Å². The minimum Gasteiger partial charge on any atom is -0.393 e. The highest BCUT2D eigenvalue weighted by Gasteiger charge is 1.84. The summed E-state index contributed by atoms with van der Waals surface area (Å²) in [6.07, 6.45) is 4.97. The lowest BCUT2D eigenvalue weighted by Gasteiger charge is -2.14. The normalized spacial score (nSPS) is 10.3. The summed E-state index contributed by atoms with van der Waals surface area (Å²) in [6, 6.07) is 0. The standard InChI is InChI=1S/C7H17N3/c1-4-5-9-10(3)7-6-8-2/h6-9H,4-5H2,1-3H3/b7-6-. The highest BCUT2D eigenvalue weighted by Crippen LogP contribution is 1.77. The van der Waals surface area contributed by atoms with Crippen LogP contribution in [0.3, 0.4) is 0 Å². The molecule has 0 fully saturated rings. The molecule has 10 heavy (non-hydrogen) atoms. The lowest BCUT2D eigenvalue weighted by Crippen LogP contribution is -2.30. The molecule has 0 amide bonds. The summed E-state index contributed by atoms with van der Waals surface area (Å²) in [4.78, 5) is 0. The summed E-state index contributed by atoms with van der Waals surface area (Å²) in [6.45, 7) is 3.16. The molecule has 3 nitrogen and oxygen atoms in total.